The van der Waals surface area contributed by atoms with Gasteiger partial charge in [0.05, 0.1) is 6.61 Å². The topological polar surface area (TPSA) is 127 Å². The summed E-state index contributed by atoms with van der Waals surface area (Å²) in [7, 11) is 0. The molecule has 1 heterocycles. The molecule has 0 aromatic rings. The zero-order chi connectivity index (χ0) is 11.6. The van der Waals surface area contributed by atoms with E-state index >= 15 is 0 Å². The Morgan fingerprint density at radius 3 is 2.27 bits per heavy atom. The van der Waals surface area contributed by atoms with E-state index in [2.05, 4.69) is 0 Å². The van der Waals surface area contributed by atoms with Crippen LogP contribution in [0.4, 0.5) is 4.79 Å². The van der Waals surface area contributed by atoms with Crippen LogP contribution in [-0.4, -0.2) is 67.3 Å². The van der Waals surface area contributed by atoms with E-state index in [9.17, 15) is 20.1 Å². The van der Waals surface area contributed by atoms with Gasteiger partial charge in [0.2, 0.25) is 0 Å². The summed E-state index contributed by atoms with van der Waals surface area (Å²) in [6.07, 6.45) is -5.58. The van der Waals surface area contributed by atoms with Gasteiger partial charge in [-0.05, 0) is 11.8 Å². The average Bonchev–Trinajstić information content (AvgIpc) is 2.18. The molecule has 88 valence electrons. The summed E-state index contributed by atoms with van der Waals surface area (Å²) in [5.74, 6) is 0. The lowest BCUT2D eigenvalue weighted by atomic mass is 10.0. The highest BCUT2D eigenvalue weighted by molar-refractivity contribution is 8.13. The normalized spacial score (nSPS) is 41.5. The molecule has 0 aromatic heterocycles. The van der Waals surface area contributed by atoms with E-state index in [1.165, 1.54) is 0 Å². The molecule has 1 aliphatic heterocycles. The Labute approximate surface area is 89.3 Å². The second-order valence-corrected chi connectivity index (χ2v) is 4.13. The van der Waals surface area contributed by atoms with E-state index < -0.39 is 41.8 Å². The Morgan fingerprint density at radius 1 is 1.20 bits per heavy atom. The minimum absolute atomic E-state index is 0.271. The van der Waals surface area contributed by atoms with Crippen molar-refractivity contribution in [1.29, 1.82) is 0 Å². The summed E-state index contributed by atoms with van der Waals surface area (Å²) in [6.45, 7) is -0.568. The van der Waals surface area contributed by atoms with Crippen molar-refractivity contribution in [2.24, 2.45) is 0 Å². The summed E-state index contributed by atoms with van der Waals surface area (Å²) in [5.41, 5.74) is -1.21. The van der Waals surface area contributed by atoms with Crippen molar-refractivity contribution in [2.45, 2.75) is 29.9 Å². The molecule has 5 atom stereocenters. The number of carbonyl (C=O) groups is 1. The standard InChI is InChI=1S/C7H12O7S/c8-1-2-3(9)4(10)5(11)6(14-2)15-7(12)13/h2-6,8-11H,1H2,(H,12,13)/t2-,3+,4+,5-,6?/m1/s1. The van der Waals surface area contributed by atoms with Gasteiger partial charge < -0.3 is 30.3 Å². The molecule has 1 saturated heterocycles. The van der Waals surface area contributed by atoms with Crippen LogP contribution < -0.4 is 0 Å². The maximum absolute atomic E-state index is 10.4. The molecule has 0 saturated carbocycles. The first-order valence-electron chi connectivity index (χ1n) is 4.17. The van der Waals surface area contributed by atoms with Gasteiger partial charge in [-0.25, -0.2) is 4.79 Å². The molecule has 1 fully saturated rings. The molecule has 0 amide bonds. The first kappa shape index (κ1) is 12.7. The molecule has 15 heavy (non-hydrogen) atoms. The third-order valence-corrected chi connectivity index (χ3v) is 2.89. The summed E-state index contributed by atoms with van der Waals surface area (Å²) in [4.78, 5) is 10.4. The minimum atomic E-state index is -1.53. The van der Waals surface area contributed by atoms with E-state index in [0.717, 1.165) is 0 Å². The van der Waals surface area contributed by atoms with Gasteiger partial charge in [-0.2, -0.15) is 0 Å². The van der Waals surface area contributed by atoms with E-state index in [4.69, 9.17) is 14.9 Å². The van der Waals surface area contributed by atoms with Crippen LogP contribution in [-0.2, 0) is 4.74 Å². The molecule has 1 rings (SSSR count). The number of ether oxygens (including phenoxy) is 1. The first-order chi connectivity index (χ1) is 6.97. The van der Waals surface area contributed by atoms with Gasteiger partial charge in [0.1, 0.15) is 29.9 Å². The van der Waals surface area contributed by atoms with Gasteiger partial charge in [-0.1, -0.05) is 0 Å². The minimum Gasteiger partial charge on any atom is -0.473 e. The molecule has 0 radical (unpaired) electrons. The van der Waals surface area contributed by atoms with Crippen LogP contribution in [0.15, 0.2) is 0 Å². The molecule has 1 unspecified atom stereocenters. The highest BCUT2D eigenvalue weighted by atomic mass is 32.2. The van der Waals surface area contributed by atoms with E-state index in [1.807, 2.05) is 0 Å². The molecule has 5 N–H and O–H groups in total. The van der Waals surface area contributed by atoms with Crippen molar-refractivity contribution in [2.75, 3.05) is 6.61 Å². The smallest absolute Gasteiger partial charge is 0.367 e. The van der Waals surface area contributed by atoms with Gasteiger partial charge in [-0.3, -0.25) is 0 Å². The van der Waals surface area contributed by atoms with Gasteiger partial charge in [-0.15, -0.1) is 0 Å². The Kier molecular flexibility index (Phi) is 4.32. The molecular weight excluding hydrogens is 228 g/mol. The number of thioether (sulfide) groups is 1. The van der Waals surface area contributed by atoms with E-state index in [-0.39, 0.29) is 11.8 Å². The van der Waals surface area contributed by atoms with Crippen molar-refractivity contribution in [3.05, 3.63) is 0 Å². The second kappa shape index (κ2) is 5.10. The molecular formula is C7H12O7S. The van der Waals surface area contributed by atoms with Crippen LogP contribution in [0.3, 0.4) is 0 Å². The number of rotatable bonds is 2. The molecule has 0 bridgehead atoms. The van der Waals surface area contributed by atoms with Gasteiger partial charge >= 0.3 is 5.30 Å². The third kappa shape index (κ3) is 2.80. The van der Waals surface area contributed by atoms with Gasteiger partial charge in [0.15, 0.2) is 0 Å². The molecule has 0 spiro atoms. The van der Waals surface area contributed by atoms with Crippen molar-refractivity contribution >= 4 is 17.1 Å². The number of aliphatic hydroxyl groups excluding tert-OH is 4. The highest BCUT2D eigenvalue weighted by Crippen LogP contribution is 2.28. The lowest BCUT2D eigenvalue weighted by Crippen LogP contribution is -2.57. The van der Waals surface area contributed by atoms with Crippen molar-refractivity contribution in [3.63, 3.8) is 0 Å². The summed E-state index contributed by atoms with van der Waals surface area (Å²) < 4.78 is 4.91. The van der Waals surface area contributed by atoms with Crippen LogP contribution in [0.1, 0.15) is 0 Å². The lowest BCUT2D eigenvalue weighted by molar-refractivity contribution is -0.205. The SMILES string of the molecule is O=C(O)SC1O[C@H](CO)[C@H](O)[C@H](O)[C@H]1O. The van der Waals surface area contributed by atoms with Crippen molar-refractivity contribution in [3.8, 4) is 0 Å². The fourth-order valence-corrected chi connectivity index (χ4v) is 1.96. The predicted octanol–water partition coefficient (Wildman–Crippen LogP) is -1.80. The second-order valence-electron chi connectivity index (χ2n) is 3.08. The van der Waals surface area contributed by atoms with E-state index in [0.29, 0.717) is 0 Å². The Hall–Kier alpha value is -0.380. The largest absolute Gasteiger partial charge is 0.473 e. The Morgan fingerprint density at radius 2 is 1.80 bits per heavy atom. The van der Waals surface area contributed by atoms with Crippen LogP contribution in [0.2, 0.25) is 0 Å². The van der Waals surface area contributed by atoms with Crippen LogP contribution >= 0.6 is 11.8 Å². The summed E-state index contributed by atoms with van der Waals surface area (Å²) >= 11 is 0.271. The Balaban J connectivity index is 2.69. The molecule has 0 aliphatic carbocycles. The Bertz CT molecular complexity index is 233. The first-order valence-corrected chi connectivity index (χ1v) is 5.05. The highest BCUT2D eigenvalue weighted by Gasteiger charge is 2.44. The van der Waals surface area contributed by atoms with Crippen LogP contribution in [0.5, 0.6) is 0 Å². The number of carboxylic acid groups (broad SMARTS) is 1. The fourth-order valence-electron chi connectivity index (χ4n) is 1.26. The molecule has 1 aliphatic rings. The summed E-state index contributed by atoms with van der Waals surface area (Å²) in [5, 5.41) is 44.0. The number of aliphatic hydroxyl groups is 4. The number of hydrogen-bond acceptors (Lipinski definition) is 7. The summed E-state index contributed by atoms with van der Waals surface area (Å²) in [6, 6.07) is 0. The number of hydrogen-bond donors (Lipinski definition) is 5. The third-order valence-electron chi connectivity index (χ3n) is 2.07. The maximum Gasteiger partial charge on any atom is 0.367 e. The fraction of sp³-hybridized carbons (Fsp3) is 0.857. The zero-order valence-corrected chi connectivity index (χ0v) is 8.37. The molecule has 0 aromatic carbocycles. The monoisotopic (exact) mass is 240 g/mol. The zero-order valence-electron chi connectivity index (χ0n) is 7.55. The molecule has 8 heteroatoms. The van der Waals surface area contributed by atoms with Crippen LogP contribution in [0, 0.1) is 0 Å². The van der Waals surface area contributed by atoms with Crippen LogP contribution in [0.25, 0.3) is 0 Å². The van der Waals surface area contributed by atoms with Crippen molar-refractivity contribution < 1.29 is 35.1 Å². The van der Waals surface area contributed by atoms with Crippen molar-refractivity contribution in [1.82, 2.24) is 0 Å². The van der Waals surface area contributed by atoms with Gasteiger partial charge in [0.25, 0.3) is 0 Å². The molecule has 7 nitrogen and oxygen atoms in total. The quantitative estimate of drug-likeness (QED) is 0.382. The predicted molar refractivity (Wildman–Crippen MR) is 49.4 cm³/mol. The van der Waals surface area contributed by atoms with Gasteiger partial charge in [0, 0.05) is 0 Å². The lowest BCUT2D eigenvalue weighted by Gasteiger charge is -2.38. The van der Waals surface area contributed by atoms with E-state index in [1.54, 1.807) is 0 Å². The maximum atomic E-state index is 10.4. The average molecular weight is 240 g/mol.